The highest BCUT2D eigenvalue weighted by atomic mass is 19.4. The molecule has 13 heteroatoms. The number of rotatable bonds is 5. The van der Waals surface area contributed by atoms with Crippen LogP contribution in [0.1, 0.15) is 35.2 Å². The molecule has 0 saturated carbocycles. The molecule has 1 atom stereocenters. The fourth-order valence-corrected chi connectivity index (χ4v) is 4.00. The number of hydrogen-bond donors (Lipinski definition) is 3. The summed E-state index contributed by atoms with van der Waals surface area (Å²) < 4.78 is 38.9. The van der Waals surface area contributed by atoms with Crippen molar-refractivity contribution >= 4 is 35.0 Å². The van der Waals surface area contributed by atoms with Gasteiger partial charge in [0.05, 0.1) is 11.6 Å². The SMILES string of the molecule is NC(=NC(=O)C(F)(F)F)c1ccc(NC(=O)N2CCCCC2CNC(=O)c2ccc3nccn3c2)cc1. The van der Waals surface area contributed by atoms with Gasteiger partial charge in [0.1, 0.15) is 11.5 Å². The number of amidine groups is 1. The second-order valence-electron chi connectivity index (χ2n) is 8.47. The van der Waals surface area contributed by atoms with E-state index in [1.54, 1.807) is 40.0 Å². The average molecular weight is 515 g/mol. The first-order valence-corrected chi connectivity index (χ1v) is 11.5. The molecular weight excluding hydrogens is 491 g/mol. The number of nitrogens with zero attached hydrogens (tertiary/aromatic N) is 4. The van der Waals surface area contributed by atoms with Crippen LogP contribution in [0.2, 0.25) is 0 Å². The van der Waals surface area contributed by atoms with E-state index in [0.717, 1.165) is 18.5 Å². The summed E-state index contributed by atoms with van der Waals surface area (Å²) in [5.74, 6) is -3.15. The van der Waals surface area contributed by atoms with Crippen LogP contribution in [0, 0.1) is 0 Å². The van der Waals surface area contributed by atoms with Gasteiger partial charge in [0.15, 0.2) is 0 Å². The third-order valence-corrected chi connectivity index (χ3v) is 5.93. The number of benzene rings is 1. The summed E-state index contributed by atoms with van der Waals surface area (Å²) in [4.78, 5) is 45.3. The number of carbonyl (C=O) groups is 3. The number of aliphatic imine (C=N–C) groups is 1. The summed E-state index contributed by atoms with van der Waals surface area (Å²) >= 11 is 0. The highest BCUT2D eigenvalue weighted by Crippen LogP contribution is 2.20. The Balaban J connectivity index is 1.36. The number of hydrogen-bond acceptors (Lipinski definition) is 4. The van der Waals surface area contributed by atoms with Gasteiger partial charge in [-0.05, 0) is 55.7 Å². The summed E-state index contributed by atoms with van der Waals surface area (Å²) in [6.45, 7) is 0.776. The topological polar surface area (TPSA) is 134 Å². The zero-order valence-electron chi connectivity index (χ0n) is 19.5. The molecule has 10 nitrogen and oxygen atoms in total. The molecule has 37 heavy (non-hydrogen) atoms. The van der Waals surface area contributed by atoms with Crippen molar-refractivity contribution in [3.8, 4) is 0 Å². The molecule has 2 aromatic heterocycles. The maximum Gasteiger partial charge on any atom is 0.473 e. The van der Waals surface area contributed by atoms with E-state index in [1.807, 2.05) is 0 Å². The van der Waals surface area contributed by atoms with E-state index in [9.17, 15) is 27.6 Å². The Morgan fingerprint density at radius 3 is 2.54 bits per heavy atom. The fraction of sp³-hybridized carbons (Fsp3) is 0.292. The quantitative estimate of drug-likeness (QED) is 0.355. The Kier molecular flexibility index (Phi) is 7.41. The minimum absolute atomic E-state index is 0.100. The van der Waals surface area contributed by atoms with Crippen molar-refractivity contribution < 1.29 is 27.6 Å². The Morgan fingerprint density at radius 2 is 1.81 bits per heavy atom. The lowest BCUT2D eigenvalue weighted by Gasteiger charge is -2.35. The van der Waals surface area contributed by atoms with Crippen LogP contribution in [0.15, 0.2) is 60.0 Å². The molecule has 4 N–H and O–H groups in total. The number of urea groups is 1. The zero-order valence-corrected chi connectivity index (χ0v) is 19.5. The predicted molar refractivity (Wildman–Crippen MR) is 129 cm³/mol. The molecule has 1 aliphatic rings. The molecule has 1 aromatic carbocycles. The third-order valence-electron chi connectivity index (χ3n) is 5.93. The molecule has 194 valence electrons. The minimum Gasteiger partial charge on any atom is -0.383 e. The van der Waals surface area contributed by atoms with Crippen molar-refractivity contribution in [2.75, 3.05) is 18.4 Å². The standard InChI is InChI=1S/C24H24F3N7O3/c25-24(26,27)22(36)32-20(28)15-4-7-17(8-5-15)31-23(37)34-11-2-1-3-18(34)13-30-21(35)16-6-9-19-29-10-12-33(19)14-16/h4-10,12,14,18H,1-3,11,13H2,(H,30,35)(H,31,37)(H2,28,32,36). The van der Waals surface area contributed by atoms with Crippen molar-refractivity contribution in [2.24, 2.45) is 10.7 Å². The van der Waals surface area contributed by atoms with Gasteiger partial charge in [-0.3, -0.25) is 9.59 Å². The van der Waals surface area contributed by atoms with Crippen LogP contribution in [0.3, 0.4) is 0 Å². The lowest BCUT2D eigenvalue weighted by Crippen LogP contribution is -2.50. The number of imidazole rings is 1. The maximum atomic E-state index is 13.0. The monoisotopic (exact) mass is 515 g/mol. The molecule has 0 spiro atoms. The second-order valence-corrected chi connectivity index (χ2v) is 8.47. The summed E-state index contributed by atoms with van der Waals surface area (Å²) in [6, 6.07) is 8.43. The summed E-state index contributed by atoms with van der Waals surface area (Å²) in [7, 11) is 0. The highest BCUT2D eigenvalue weighted by Gasteiger charge is 2.38. The van der Waals surface area contributed by atoms with Gasteiger partial charge in [-0.15, -0.1) is 0 Å². The number of fused-ring (bicyclic) bond motifs is 1. The van der Waals surface area contributed by atoms with Gasteiger partial charge in [-0.2, -0.15) is 18.2 Å². The number of amides is 4. The van der Waals surface area contributed by atoms with E-state index >= 15 is 0 Å². The molecule has 1 saturated heterocycles. The van der Waals surface area contributed by atoms with Crippen LogP contribution in [0.25, 0.3) is 5.65 Å². The van der Waals surface area contributed by atoms with Gasteiger partial charge in [-0.25, -0.2) is 9.78 Å². The number of pyridine rings is 1. The first-order valence-electron chi connectivity index (χ1n) is 11.5. The van der Waals surface area contributed by atoms with Gasteiger partial charge in [0.2, 0.25) is 0 Å². The minimum atomic E-state index is -5.11. The predicted octanol–water partition coefficient (Wildman–Crippen LogP) is 2.94. The number of halogens is 3. The first kappa shape index (κ1) is 25.7. The summed E-state index contributed by atoms with van der Waals surface area (Å²) in [6.07, 6.45) is 2.40. The molecule has 0 aliphatic carbocycles. The van der Waals surface area contributed by atoms with E-state index in [4.69, 9.17) is 5.73 Å². The van der Waals surface area contributed by atoms with Crippen LogP contribution in [0.4, 0.5) is 23.7 Å². The van der Waals surface area contributed by atoms with Crippen LogP contribution in [-0.4, -0.2) is 63.3 Å². The summed E-state index contributed by atoms with van der Waals surface area (Å²) in [5, 5.41) is 5.64. The molecule has 1 aliphatic heterocycles. The molecule has 0 bridgehead atoms. The molecule has 1 unspecified atom stereocenters. The van der Waals surface area contributed by atoms with E-state index in [2.05, 4.69) is 20.6 Å². The van der Waals surface area contributed by atoms with Crippen LogP contribution >= 0.6 is 0 Å². The first-order chi connectivity index (χ1) is 17.6. The van der Waals surface area contributed by atoms with Gasteiger partial charge >= 0.3 is 18.1 Å². The third kappa shape index (κ3) is 6.23. The van der Waals surface area contributed by atoms with E-state index < -0.39 is 17.9 Å². The van der Waals surface area contributed by atoms with Crippen LogP contribution in [-0.2, 0) is 4.79 Å². The molecule has 1 fully saturated rings. The average Bonchev–Trinajstić information content (AvgIpc) is 3.35. The number of piperidine rings is 1. The Labute approximate surface area is 209 Å². The Hall–Kier alpha value is -4.42. The van der Waals surface area contributed by atoms with Crippen molar-refractivity contribution in [3.63, 3.8) is 0 Å². The second kappa shape index (κ2) is 10.7. The lowest BCUT2D eigenvalue weighted by molar-refractivity contribution is -0.169. The fourth-order valence-electron chi connectivity index (χ4n) is 4.00. The molecular formula is C24H24F3N7O3. The van der Waals surface area contributed by atoms with Gasteiger partial charge in [-0.1, -0.05) is 0 Å². The number of alkyl halides is 3. The largest absolute Gasteiger partial charge is 0.473 e. The number of nitrogens with two attached hydrogens (primary N) is 1. The molecule has 0 radical (unpaired) electrons. The maximum absolute atomic E-state index is 13.0. The van der Waals surface area contributed by atoms with E-state index in [-0.39, 0.29) is 30.1 Å². The number of nitrogens with one attached hydrogen (secondary N) is 2. The Morgan fingerprint density at radius 1 is 1.08 bits per heavy atom. The van der Waals surface area contributed by atoms with Crippen molar-refractivity contribution in [2.45, 2.75) is 31.5 Å². The van der Waals surface area contributed by atoms with Crippen molar-refractivity contribution in [3.05, 3.63) is 66.1 Å². The van der Waals surface area contributed by atoms with Crippen molar-refractivity contribution in [1.29, 1.82) is 0 Å². The van der Waals surface area contributed by atoms with Crippen LogP contribution in [0.5, 0.6) is 0 Å². The van der Waals surface area contributed by atoms with E-state index in [1.165, 1.54) is 24.3 Å². The van der Waals surface area contributed by atoms with Gasteiger partial charge in [0.25, 0.3) is 5.91 Å². The van der Waals surface area contributed by atoms with Gasteiger partial charge in [0, 0.05) is 42.9 Å². The molecule has 4 rings (SSSR count). The Bertz CT molecular complexity index is 1340. The number of aromatic nitrogens is 2. The number of anilines is 1. The lowest BCUT2D eigenvalue weighted by atomic mass is 10.0. The number of carbonyl (C=O) groups excluding carboxylic acids is 3. The van der Waals surface area contributed by atoms with Crippen LogP contribution < -0.4 is 16.4 Å². The van der Waals surface area contributed by atoms with Crippen molar-refractivity contribution in [1.82, 2.24) is 19.6 Å². The molecule has 3 heterocycles. The summed E-state index contributed by atoms with van der Waals surface area (Å²) in [5.41, 5.74) is 7.17. The molecule has 4 amide bonds. The zero-order chi connectivity index (χ0) is 26.6. The number of likely N-dealkylation sites (tertiary alicyclic amines) is 1. The highest BCUT2D eigenvalue weighted by molar-refractivity contribution is 6.05. The van der Waals surface area contributed by atoms with Gasteiger partial charge < -0.3 is 25.7 Å². The van der Waals surface area contributed by atoms with E-state index in [0.29, 0.717) is 24.2 Å². The molecule has 3 aromatic rings. The smallest absolute Gasteiger partial charge is 0.383 e. The normalized spacial score (nSPS) is 16.5.